The summed E-state index contributed by atoms with van der Waals surface area (Å²) < 4.78 is 42.1. The molecule has 0 aliphatic heterocycles. The lowest BCUT2D eigenvalue weighted by molar-refractivity contribution is -0.140. The maximum Gasteiger partial charge on any atom is 0.433 e. The summed E-state index contributed by atoms with van der Waals surface area (Å²) in [6.07, 6.45) is -3.32. The molecule has 3 aromatic heterocycles. The summed E-state index contributed by atoms with van der Waals surface area (Å²) in [5.41, 5.74) is 5.67. The number of primary amides is 1. The van der Waals surface area contributed by atoms with Crippen molar-refractivity contribution >= 4 is 50.7 Å². The molecule has 3 heterocycles. The van der Waals surface area contributed by atoms with Crippen LogP contribution in [0.5, 0.6) is 0 Å². The van der Waals surface area contributed by atoms with Crippen LogP contribution in [0.3, 0.4) is 0 Å². The number of nitrogens with one attached hydrogen (secondary N) is 1. The number of hydrogen-bond acceptors (Lipinski definition) is 5. The van der Waals surface area contributed by atoms with E-state index in [1.807, 2.05) is 6.92 Å². The average molecular weight is 494 g/mol. The van der Waals surface area contributed by atoms with E-state index in [0.29, 0.717) is 16.9 Å². The fourth-order valence-corrected chi connectivity index (χ4v) is 4.56. The smallest absolute Gasteiger partial charge is 0.365 e. The Bertz CT molecular complexity index is 1410. The van der Waals surface area contributed by atoms with Crippen molar-refractivity contribution in [2.45, 2.75) is 13.1 Å². The molecule has 0 saturated carbocycles. The van der Waals surface area contributed by atoms with Crippen molar-refractivity contribution in [2.24, 2.45) is 12.8 Å². The van der Waals surface area contributed by atoms with Crippen LogP contribution in [0.2, 0.25) is 5.02 Å². The number of aryl methyl sites for hydroxylation is 2. The SMILES string of the molecule is Cc1ccc(-c2cc(C(F)(F)F)nc3sc(C(N)=O)c(NC(=O)c4nn(C)cc4Cl)c23)cc1. The molecule has 4 aromatic rings. The number of nitrogens with two attached hydrogens (primary N) is 1. The van der Waals surface area contributed by atoms with Crippen LogP contribution >= 0.6 is 22.9 Å². The van der Waals surface area contributed by atoms with Gasteiger partial charge in [-0.2, -0.15) is 18.3 Å². The van der Waals surface area contributed by atoms with Gasteiger partial charge in [-0.3, -0.25) is 14.3 Å². The van der Waals surface area contributed by atoms with E-state index in [9.17, 15) is 22.8 Å². The molecule has 0 aliphatic carbocycles. The van der Waals surface area contributed by atoms with E-state index in [4.69, 9.17) is 17.3 Å². The zero-order chi connectivity index (χ0) is 24.1. The molecule has 1 aromatic carbocycles. The van der Waals surface area contributed by atoms with Gasteiger partial charge in [-0.25, -0.2) is 4.98 Å². The average Bonchev–Trinajstić information content (AvgIpc) is 3.26. The highest BCUT2D eigenvalue weighted by molar-refractivity contribution is 7.21. The van der Waals surface area contributed by atoms with Crippen LogP contribution in [-0.2, 0) is 13.2 Å². The largest absolute Gasteiger partial charge is 0.433 e. The second kappa shape index (κ2) is 8.16. The number of thiophene rings is 1. The van der Waals surface area contributed by atoms with Crippen LogP contribution < -0.4 is 11.1 Å². The number of carbonyl (C=O) groups is 2. The molecule has 0 radical (unpaired) electrons. The highest BCUT2D eigenvalue weighted by Gasteiger charge is 2.35. The standard InChI is InChI=1S/C21H15ClF3N5O2S/c1-9-3-5-10(6-4-9)11-7-13(21(23,24)25)27-20-14(11)16(17(33-20)18(26)31)28-19(32)15-12(22)8-30(2)29-15/h3-8H,1-2H3,(H2,26,31)(H,28,32). The van der Waals surface area contributed by atoms with Crippen molar-refractivity contribution in [3.05, 3.63) is 63.4 Å². The van der Waals surface area contributed by atoms with E-state index in [1.165, 1.54) is 10.9 Å². The molecular formula is C21H15ClF3N5O2S. The number of rotatable bonds is 4. The molecule has 4 rings (SSSR count). The van der Waals surface area contributed by atoms with Crippen molar-refractivity contribution in [1.29, 1.82) is 0 Å². The Kier molecular flexibility index (Phi) is 5.62. The normalized spacial score (nSPS) is 11.7. The van der Waals surface area contributed by atoms with E-state index < -0.39 is 23.7 Å². The van der Waals surface area contributed by atoms with Crippen molar-refractivity contribution in [3.8, 4) is 11.1 Å². The molecule has 0 fully saturated rings. The number of carbonyl (C=O) groups excluding carboxylic acids is 2. The molecule has 0 spiro atoms. The van der Waals surface area contributed by atoms with E-state index in [-0.39, 0.29) is 37.1 Å². The van der Waals surface area contributed by atoms with E-state index in [0.717, 1.165) is 11.6 Å². The predicted molar refractivity (Wildman–Crippen MR) is 119 cm³/mol. The summed E-state index contributed by atoms with van der Waals surface area (Å²) in [5.74, 6) is -1.68. The Morgan fingerprint density at radius 2 is 1.88 bits per heavy atom. The Morgan fingerprint density at radius 1 is 1.21 bits per heavy atom. The first-order valence-electron chi connectivity index (χ1n) is 9.37. The molecule has 0 saturated heterocycles. The topological polar surface area (TPSA) is 103 Å². The molecule has 33 heavy (non-hydrogen) atoms. The lowest BCUT2D eigenvalue weighted by atomic mass is 10.00. The summed E-state index contributed by atoms with van der Waals surface area (Å²) in [6.45, 7) is 1.84. The first-order chi connectivity index (χ1) is 15.5. The third-order valence-electron chi connectivity index (χ3n) is 4.78. The fraction of sp³-hybridized carbons (Fsp3) is 0.143. The number of nitrogens with zero attached hydrogens (tertiary/aromatic N) is 3. The zero-order valence-electron chi connectivity index (χ0n) is 17.1. The quantitative estimate of drug-likeness (QED) is 0.416. The molecule has 0 atom stereocenters. The first-order valence-corrected chi connectivity index (χ1v) is 10.6. The number of fused-ring (bicyclic) bond motifs is 1. The van der Waals surface area contributed by atoms with Crippen molar-refractivity contribution in [2.75, 3.05) is 5.32 Å². The number of hydrogen-bond donors (Lipinski definition) is 2. The van der Waals surface area contributed by atoms with Gasteiger partial charge in [0.2, 0.25) is 0 Å². The van der Waals surface area contributed by atoms with Gasteiger partial charge in [-0.1, -0.05) is 41.4 Å². The molecule has 0 bridgehead atoms. The van der Waals surface area contributed by atoms with Crippen molar-refractivity contribution < 1.29 is 22.8 Å². The minimum atomic E-state index is -4.73. The second-order valence-electron chi connectivity index (χ2n) is 7.22. The van der Waals surface area contributed by atoms with Gasteiger partial charge in [-0.05, 0) is 24.1 Å². The van der Waals surface area contributed by atoms with Gasteiger partial charge in [0.05, 0.1) is 10.7 Å². The lowest BCUT2D eigenvalue weighted by Crippen LogP contribution is -2.17. The molecule has 0 unspecified atom stereocenters. The Morgan fingerprint density at radius 3 is 2.42 bits per heavy atom. The number of halogens is 4. The van der Waals surface area contributed by atoms with E-state index in [2.05, 4.69) is 15.4 Å². The van der Waals surface area contributed by atoms with Crippen molar-refractivity contribution in [3.63, 3.8) is 0 Å². The highest BCUT2D eigenvalue weighted by atomic mass is 35.5. The van der Waals surface area contributed by atoms with Crippen LogP contribution in [0.15, 0.2) is 36.5 Å². The van der Waals surface area contributed by atoms with Gasteiger partial charge in [0.1, 0.15) is 15.4 Å². The van der Waals surface area contributed by atoms with Crippen molar-refractivity contribution in [1.82, 2.24) is 14.8 Å². The Labute approximate surface area is 194 Å². The third-order valence-corrected chi connectivity index (χ3v) is 6.15. The number of amides is 2. The fourth-order valence-electron chi connectivity index (χ4n) is 3.28. The maximum atomic E-state index is 13.6. The number of alkyl halides is 3. The summed E-state index contributed by atoms with van der Waals surface area (Å²) in [6, 6.07) is 7.65. The Balaban J connectivity index is 1.99. The molecule has 2 amide bonds. The van der Waals surface area contributed by atoms with Gasteiger partial charge < -0.3 is 11.1 Å². The van der Waals surface area contributed by atoms with Crippen LogP contribution in [0.1, 0.15) is 31.4 Å². The van der Waals surface area contributed by atoms with Crippen LogP contribution in [0, 0.1) is 6.92 Å². The predicted octanol–water partition coefficient (Wildman–Crippen LogP) is 5.03. The second-order valence-corrected chi connectivity index (χ2v) is 8.63. The molecule has 12 heteroatoms. The zero-order valence-corrected chi connectivity index (χ0v) is 18.7. The molecule has 0 aliphatic rings. The van der Waals surface area contributed by atoms with Gasteiger partial charge in [0.15, 0.2) is 5.69 Å². The van der Waals surface area contributed by atoms with Gasteiger partial charge in [-0.15, -0.1) is 11.3 Å². The number of anilines is 1. The first kappa shape index (κ1) is 22.7. The minimum absolute atomic E-state index is 0.0500. The third kappa shape index (κ3) is 4.29. The highest BCUT2D eigenvalue weighted by Crippen LogP contribution is 2.43. The number of aromatic nitrogens is 3. The van der Waals surface area contributed by atoms with Gasteiger partial charge >= 0.3 is 6.18 Å². The van der Waals surface area contributed by atoms with Crippen LogP contribution in [-0.4, -0.2) is 26.6 Å². The van der Waals surface area contributed by atoms with Gasteiger partial charge in [0.25, 0.3) is 11.8 Å². The molecular weight excluding hydrogens is 479 g/mol. The summed E-state index contributed by atoms with van der Waals surface area (Å²) in [7, 11) is 1.57. The number of benzene rings is 1. The van der Waals surface area contributed by atoms with E-state index >= 15 is 0 Å². The van der Waals surface area contributed by atoms with Crippen LogP contribution in [0.4, 0.5) is 18.9 Å². The molecule has 7 nitrogen and oxygen atoms in total. The summed E-state index contributed by atoms with van der Waals surface area (Å²) in [5, 5.41) is 6.75. The summed E-state index contributed by atoms with van der Waals surface area (Å²) in [4.78, 5) is 28.5. The molecule has 3 N–H and O–H groups in total. The molecule has 170 valence electrons. The lowest BCUT2D eigenvalue weighted by Gasteiger charge is -2.12. The van der Waals surface area contributed by atoms with Crippen LogP contribution in [0.25, 0.3) is 21.3 Å². The summed E-state index contributed by atoms with van der Waals surface area (Å²) >= 11 is 6.70. The monoisotopic (exact) mass is 493 g/mol. The Hall–Kier alpha value is -3.44. The van der Waals surface area contributed by atoms with E-state index in [1.54, 1.807) is 31.3 Å². The maximum absolute atomic E-state index is 13.6. The van der Waals surface area contributed by atoms with Gasteiger partial charge in [0, 0.05) is 18.6 Å². The minimum Gasteiger partial charge on any atom is -0.365 e. The number of pyridine rings is 1.